The smallest absolute Gasteiger partial charge is 0.373 e. The van der Waals surface area contributed by atoms with Crippen molar-refractivity contribution in [2.45, 2.75) is 193 Å². The second-order valence-electron chi connectivity index (χ2n) is 15.1. The molecule has 0 radical (unpaired) electrons. The number of phosphoric acid groups is 1. The zero-order valence-electron chi connectivity index (χ0n) is 33.2. The van der Waals surface area contributed by atoms with E-state index < -0.39 is 20.0 Å². The molecule has 0 saturated heterocycles. The summed E-state index contributed by atoms with van der Waals surface area (Å²) >= 11 is 0. The van der Waals surface area contributed by atoms with Gasteiger partial charge in [0.15, 0.2) is 0 Å². The standard InChI is InChI=1S/C42H75O8P/c1-7-9-11-13-15-17-21-27-41(29-23-19-24-30-41)47-35-37(3)45-33-39(5)49-51(43,44)50-40(6)34-46-38(4)36-48-42(31-25-20-26-32-42)28-22-18-16-14-12-10-8-2/h19-20,23-26,29,31,37-40H,7-18,21-22,27-28,30,32-36H2,1-6H3,(H,43,44). The second kappa shape index (κ2) is 26.6. The van der Waals surface area contributed by atoms with Gasteiger partial charge in [-0.2, -0.15) is 0 Å². The van der Waals surface area contributed by atoms with Crippen molar-refractivity contribution in [3.8, 4) is 0 Å². The van der Waals surface area contributed by atoms with Crippen molar-refractivity contribution >= 4 is 7.82 Å². The Hall–Kier alpha value is -1.09. The van der Waals surface area contributed by atoms with Crippen molar-refractivity contribution in [1.82, 2.24) is 0 Å². The molecule has 1 N–H and O–H groups in total. The summed E-state index contributed by atoms with van der Waals surface area (Å²) in [5, 5.41) is 0. The average molecular weight is 739 g/mol. The Bertz CT molecular complexity index is 981. The van der Waals surface area contributed by atoms with Crippen LogP contribution in [0.2, 0.25) is 0 Å². The fourth-order valence-electron chi connectivity index (χ4n) is 6.58. The van der Waals surface area contributed by atoms with Crippen LogP contribution in [0.1, 0.15) is 157 Å². The van der Waals surface area contributed by atoms with E-state index in [4.69, 9.17) is 28.0 Å². The molecule has 0 amide bonds. The van der Waals surface area contributed by atoms with Gasteiger partial charge in [-0.1, -0.05) is 152 Å². The molecule has 2 rings (SSSR count). The summed E-state index contributed by atoms with van der Waals surface area (Å²) in [6, 6.07) is 0. The van der Waals surface area contributed by atoms with Crippen LogP contribution >= 0.6 is 7.82 Å². The Kier molecular flexibility index (Phi) is 24.1. The molecule has 2 aliphatic carbocycles. The number of phosphoric ester groups is 1. The highest BCUT2D eigenvalue weighted by molar-refractivity contribution is 7.47. The third kappa shape index (κ3) is 21.4. The lowest BCUT2D eigenvalue weighted by atomic mass is 9.89. The molecular formula is C42H75O8P. The van der Waals surface area contributed by atoms with Crippen molar-refractivity contribution in [2.75, 3.05) is 26.4 Å². The Morgan fingerprint density at radius 1 is 0.549 bits per heavy atom. The second-order valence-corrected chi connectivity index (χ2v) is 16.4. The van der Waals surface area contributed by atoms with E-state index in [0.717, 1.165) is 38.5 Å². The van der Waals surface area contributed by atoms with E-state index in [0.29, 0.717) is 13.2 Å². The lowest BCUT2D eigenvalue weighted by molar-refractivity contribution is -0.0887. The summed E-state index contributed by atoms with van der Waals surface area (Å²) in [6.45, 7) is 12.9. The maximum absolute atomic E-state index is 12.8. The first-order valence-corrected chi connectivity index (χ1v) is 21.9. The Balaban J connectivity index is 1.66. The zero-order chi connectivity index (χ0) is 37.3. The maximum Gasteiger partial charge on any atom is 0.472 e. The van der Waals surface area contributed by atoms with Gasteiger partial charge in [-0.25, -0.2) is 4.57 Å². The normalized spacial score (nSPS) is 23.7. The predicted octanol–water partition coefficient (Wildman–Crippen LogP) is 11.5. The summed E-state index contributed by atoms with van der Waals surface area (Å²) in [6.07, 6.45) is 36.8. The molecule has 0 heterocycles. The van der Waals surface area contributed by atoms with Gasteiger partial charge in [0.1, 0.15) is 0 Å². The zero-order valence-corrected chi connectivity index (χ0v) is 34.1. The molecule has 2 aliphatic rings. The van der Waals surface area contributed by atoms with Crippen LogP contribution in [0, 0.1) is 0 Å². The molecule has 0 aromatic rings. The Labute approximate surface area is 312 Å². The van der Waals surface area contributed by atoms with Crippen LogP contribution in [0.3, 0.4) is 0 Å². The molecule has 6 unspecified atom stereocenters. The molecule has 0 fully saturated rings. The molecule has 0 aliphatic heterocycles. The molecule has 6 atom stereocenters. The predicted molar refractivity (Wildman–Crippen MR) is 210 cm³/mol. The minimum absolute atomic E-state index is 0.141. The number of allylic oxidation sites excluding steroid dienone is 4. The van der Waals surface area contributed by atoms with E-state index >= 15 is 0 Å². The first-order chi connectivity index (χ1) is 24.5. The minimum atomic E-state index is -4.33. The van der Waals surface area contributed by atoms with Crippen LogP contribution in [0.25, 0.3) is 0 Å². The van der Waals surface area contributed by atoms with E-state index in [1.807, 2.05) is 13.8 Å². The van der Waals surface area contributed by atoms with Crippen LogP contribution in [0.4, 0.5) is 0 Å². The number of hydrogen-bond donors (Lipinski definition) is 1. The lowest BCUT2D eigenvalue weighted by Gasteiger charge is -2.33. The first-order valence-electron chi connectivity index (χ1n) is 20.4. The fraction of sp³-hybridized carbons (Fsp3) is 0.810. The Morgan fingerprint density at radius 2 is 0.922 bits per heavy atom. The summed E-state index contributed by atoms with van der Waals surface area (Å²) in [5.41, 5.74) is -0.597. The van der Waals surface area contributed by atoms with Crippen molar-refractivity contribution in [3.05, 3.63) is 48.6 Å². The van der Waals surface area contributed by atoms with Gasteiger partial charge in [0.05, 0.1) is 62.0 Å². The van der Waals surface area contributed by atoms with Gasteiger partial charge in [0.2, 0.25) is 0 Å². The fourth-order valence-corrected chi connectivity index (χ4v) is 7.67. The number of ether oxygens (including phenoxy) is 4. The van der Waals surface area contributed by atoms with E-state index in [-0.39, 0.29) is 36.6 Å². The van der Waals surface area contributed by atoms with E-state index in [2.05, 4.69) is 62.5 Å². The molecule has 9 heteroatoms. The van der Waals surface area contributed by atoms with Crippen LogP contribution in [0.5, 0.6) is 0 Å². The molecule has 296 valence electrons. The van der Waals surface area contributed by atoms with Crippen molar-refractivity contribution in [2.24, 2.45) is 0 Å². The first kappa shape index (κ1) is 46.1. The van der Waals surface area contributed by atoms with Gasteiger partial charge < -0.3 is 23.8 Å². The highest BCUT2D eigenvalue weighted by atomic mass is 31.2. The van der Waals surface area contributed by atoms with Crippen molar-refractivity contribution < 1.29 is 37.5 Å². The SMILES string of the molecule is CCCCCCCCCC1(OCC(C)OCC(C)OP(=O)(O)OC(C)COC(C)COC2(CCCCCCCCC)C=CC=CC2)C=CC=CC1. The largest absolute Gasteiger partial charge is 0.472 e. The Morgan fingerprint density at radius 3 is 1.27 bits per heavy atom. The van der Waals surface area contributed by atoms with Gasteiger partial charge in [0.25, 0.3) is 0 Å². The van der Waals surface area contributed by atoms with E-state index in [9.17, 15) is 9.46 Å². The van der Waals surface area contributed by atoms with Gasteiger partial charge in [-0.3, -0.25) is 9.05 Å². The molecule has 0 aromatic heterocycles. The topological polar surface area (TPSA) is 92.7 Å². The quantitative estimate of drug-likeness (QED) is 0.0539. The third-order valence-corrected chi connectivity index (χ3v) is 10.9. The lowest BCUT2D eigenvalue weighted by Crippen LogP contribution is -2.35. The van der Waals surface area contributed by atoms with Crippen molar-refractivity contribution in [1.29, 1.82) is 0 Å². The molecule has 0 saturated carbocycles. The van der Waals surface area contributed by atoms with Crippen LogP contribution in [0.15, 0.2) is 48.6 Å². The molecule has 0 bridgehead atoms. The summed E-state index contributed by atoms with van der Waals surface area (Å²) in [4.78, 5) is 10.4. The molecule has 0 aromatic carbocycles. The van der Waals surface area contributed by atoms with E-state index in [1.165, 1.54) is 77.0 Å². The summed E-state index contributed by atoms with van der Waals surface area (Å²) < 4.78 is 48.4. The van der Waals surface area contributed by atoms with Gasteiger partial charge >= 0.3 is 7.82 Å². The number of unbranched alkanes of at least 4 members (excludes halogenated alkanes) is 12. The highest BCUT2D eigenvalue weighted by Gasteiger charge is 2.31. The minimum Gasteiger partial charge on any atom is -0.373 e. The summed E-state index contributed by atoms with van der Waals surface area (Å²) in [7, 11) is -4.33. The van der Waals surface area contributed by atoms with Crippen molar-refractivity contribution in [3.63, 3.8) is 0 Å². The van der Waals surface area contributed by atoms with Crippen LogP contribution in [-0.4, -0.2) is 66.9 Å². The molecule has 51 heavy (non-hydrogen) atoms. The number of hydrogen-bond acceptors (Lipinski definition) is 7. The van der Waals surface area contributed by atoms with E-state index in [1.54, 1.807) is 13.8 Å². The summed E-state index contributed by atoms with van der Waals surface area (Å²) in [5.74, 6) is 0. The molecular weight excluding hydrogens is 663 g/mol. The maximum atomic E-state index is 12.8. The third-order valence-electron chi connectivity index (χ3n) is 9.70. The molecule has 0 spiro atoms. The van der Waals surface area contributed by atoms with Crippen LogP contribution in [-0.2, 0) is 32.6 Å². The average Bonchev–Trinajstić information content (AvgIpc) is 3.11. The van der Waals surface area contributed by atoms with Crippen LogP contribution < -0.4 is 0 Å². The van der Waals surface area contributed by atoms with Gasteiger partial charge in [-0.05, 0) is 53.4 Å². The van der Waals surface area contributed by atoms with Gasteiger partial charge in [0, 0.05) is 0 Å². The van der Waals surface area contributed by atoms with Gasteiger partial charge in [-0.15, -0.1) is 0 Å². The molecule has 8 nitrogen and oxygen atoms in total. The number of rotatable bonds is 32. The highest BCUT2D eigenvalue weighted by Crippen LogP contribution is 2.46. The monoisotopic (exact) mass is 739 g/mol.